The van der Waals surface area contributed by atoms with Crippen LogP contribution in [-0.4, -0.2) is 68.9 Å². The van der Waals surface area contributed by atoms with Gasteiger partial charge in [0, 0.05) is 31.2 Å². The molecule has 0 unspecified atom stereocenters. The Balaban J connectivity index is 1.49. The van der Waals surface area contributed by atoms with Gasteiger partial charge in [-0.05, 0) is 55.5 Å². The van der Waals surface area contributed by atoms with Crippen LogP contribution >= 0.6 is 11.6 Å². The summed E-state index contributed by atoms with van der Waals surface area (Å²) in [6.07, 6.45) is 0. The second-order valence-electron chi connectivity index (χ2n) is 6.77. The van der Waals surface area contributed by atoms with Gasteiger partial charge in [-0.15, -0.1) is 0 Å². The van der Waals surface area contributed by atoms with E-state index < -0.39 is 22.6 Å². The molecule has 0 bridgehead atoms. The molecule has 0 atom stereocenters. The minimum atomic E-state index is -3.66. The van der Waals surface area contributed by atoms with Gasteiger partial charge in [0.25, 0.3) is 5.91 Å². The molecule has 0 aliphatic carbocycles. The summed E-state index contributed by atoms with van der Waals surface area (Å²) in [6, 6.07) is 12.4. The van der Waals surface area contributed by atoms with E-state index in [0.29, 0.717) is 22.9 Å². The molecule has 1 heterocycles. The minimum Gasteiger partial charge on any atom is -0.494 e. The maximum absolute atomic E-state index is 12.7. The van der Waals surface area contributed by atoms with Crippen molar-refractivity contribution in [3.05, 3.63) is 59.1 Å². The van der Waals surface area contributed by atoms with E-state index in [-0.39, 0.29) is 37.0 Å². The Hall–Kier alpha value is -2.62. The van der Waals surface area contributed by atoms with Gasteiger partial charge in [-0.1, -0.05) is 11.6 Å². The van der Waals surface area contributed by atoms with Crippen molar-refractivity contribution in [1.82, 2.24) is 9.21 Å². The molecular formula is C21H23ClN2O6S. The maximum atomic E-state index is 12.7. The van der Waals surface area contributed by atoms with E-state index in [9.17, 15) is 18.0 Å². The minimum absolute atomic E-state index is 0.154. The van der Waals surface area contributed by atoms with Crippen LogP contribution in [0, 0.1) is 0 Å². The SMILES string of the molecule is CCOc1ccc(C(=O)OCC(=O)N2CCN(S(=O)(=O)c3ccc(Cl)cc3)CC2)cc1. The molecule has 1 saturated heterocycles. The number of hydrogen-bond donors (Lipinski definition) is 0. The number of benzene rings is 2. The van der Waals surface area contributed by atoms with Crippen LogP contribution in [-0.2, 0) is 19.6 Å². The molecule has 0 aromatic heterocycles. The van der Waals surface area contributed by atoms with Crippen LogP contribution in [0.25, 0.3) is 0 Å². The molecule has 8 nitrogen and oxygen atoms in total. The quantitative estimate of drug-likeness (QED) is 0.582. The second-order valence-corrected chi connectivity index (χ2v) is 9.15. The number of ether oxygens (including phenoxy) is 2. The van der Waals surface area contributed by atoms with Crippen LogP contribution in [0.3, 0.4) is 0 Å². The molecule has 31 heavy (non-hydrogen) atoms. The number of hydrogen-bond acceptors (Lipinski definition) is 6. The Morgan fingerprint density at radius 2 is 1.58 bits per heavy atom. The van der Waals surface area contributed by atoms with Crippen LogP contribution < -0.4 is 4.74 Å². The van der Waals surface area contributed by atoms with E-state index >= 15 is 0 Å². The fraction of sp³-hybridized carbons (Fsp3) is 0.333. The van der Waals surface area contributed by atoms with E-state index in [0.717, 1.165) is 0 Å². The van der Waals surface area contributed by atoms with Crippen molar-refractivity contribution in [2.45, 2.75) is 11.8 Å². The number of carbonyl (C=O) groups is 2. The molecule has 166 valence electrons. The Morgan fingerprint density at radius 1 is 0.968 bits per heavy atom. The van der Waals surface area contributed by atoms with Gasteiger partial charge in [0.1, 0.15) is 5.75 Å². The number of piperazine rings is 1. The van der Waals surface area contributed by atoms with Gasteiger partial charge in [-0.25, -0.2) is 13.2 Å². The van der Waals surface area contributed by atoms with Crippen LogP contribution in [0.5, 0.6) is 5.75 Å². The average Bonchev–Trinajstić information content (AvgIpc) is 2.78. The molecule has 0 spiro atoms. The molecule has 2 aromatic rings. The number of sulfonamides is 1. The van der Waals surface area contributed by atoms with Gasteiger partial charge in [0.05, 0.1) is 17.1 Å². The summed E-state index contributed by atoms with van der Waals surface area (Å²) in [5.74, 6) is -0.343. The Morgan fingerprint density at radius 3 is 2.16 bits per heavy atom. The molecule has 10 heteroatoms. The summed E-state index contributed by atoms with van der Waals surface area (Å²) in [5, 5.41) is 0.453. The van der Waals surface area contributed by atoms with Gasteiger partial charge in [0.2, 0.25) is 10.0 Å². The lowest BCUT2D eigenvalue weighted by Crippen LogP contribution is -2.51. The van der Waals surface area contributed by atoms with Crippen molar-refractivity contribution in [2.75, 3.05) is 39.4 Å². The summed E-state index contributed by atoms with van der Waals surface area (Å²) < 4.78 is 37.2. The van der Waals surface area contributed by atoms with Gasteiger partial charge in [-0.2, -0.15) is 4.31 Å². The van der Waals surface area contributed by atoms with E-state index in [2.05, 4.69) is 0 Å². The highest BCUT2D eigenvalue weighted by atomic mass is 35.5. The lowest BCUT2D eigenvalue weighted by molar-refractivity contribution is -0.135. The fourth-order valence-electron chi connectivity index (χ4n) is 3.09. The number of amides is 1. The number of carbonyl (C=O) groups excluding carboxylic acids is 2. The van der Waals surface area contributed by atoms with E-state index in [4.69, 9.17) is 21.1 Å². The molecule has 0 saturated carbocycles. The van der Waals surface area contributed by atoms with Crippen LogP contribution in [0.4, 0.5) is 0 Å². The molecule has 2 aromatic carbocycles. The number of nitrogens with zero attached hydrogens (tertiary/aromatic N) is 2. The number of rotatable bonds is 7. The maximum Gasteiger partial charge on any atom is 0.338 e. The second kappa shape index (κ2) is 10.1. The molecule has 0 radical (unpaired) electrons. The third-order valence-corrected chi connectivity index (χ3v) is 6.94. The predicted octanol–water partition coefficient (Wildman–Crippen LogP) is 2.43. The molecule has 1 aliphatic rings. The smallest absolute Gasteiger partial charge is 0.338 e. The zero-order chi connectivity index (χ0) is 22.4. The van der Waals surface area contributed by atoms with Gasteiger partial charge >= 0.3 is 5.97 Å². The Labute approximate surface area is 186 Å². The van der Waals surface area contributed by atoms with E-state index in [1.807, 2.05) is 6.92 Å². The summed E-state index contributed by atoms with van der Waals surface area (Å²) in [4.78, 5) is 26.2. The molecule has 1 amide bonds. The lowest BCUT2D eigenvalue weighted by atomic mass is 10.2. The topological polar surface area (TPSA) is 93.2 Å². The molecule has 1 fully saturated rings. The highest BCUT2D eigenvalue weighted by Crippen LogP contribution is 2.20. The molecule has 3 rings (SSSR count). The Kier molecular flexibility index (Phi) is 7.53. The summed E-state index contributed by atoms with van der Waals surface area (Å²) in [6.45, 7) is 2.72. The molecule has 1 aliphatic heterocycles. The van der Waals surface area contributed by atoms with Crippen molar-refractivity contribution >= 4 is 33.5 Å². The van der Waals surface area contributed by atoms with Crippen molar-refractivity contribution in [2.24, 2.45) is 0 Å². The van der Waals surface area contributed by atoms with Gasteiger partial charge in [-0.3, -0.25) is 4.79 Å². The first-order valence-electron chi connectivity index (χ1n) is 9.74. The first-order chi connectivity index (χ1) is 14.8. The molecular weight excluding hydrogens is 444 g/mol. The first-order valence-corrected chi connectivity index (χ1v) is 11.6. The number of esters is 1. The first kappa shape index (κ1) is 23.1. The van der Waals surface area contributed by atoms with Crippen molar-refractivity contribution in [1.29, 1.82) is 0 Å². The van der Waals surface area contributed by atoms with Crippen LogP contribution in [0.15, 0.2) is 53.4 Å². The predicted molar refractivity (Wildman–Crippen MR) is 115 cm³/mol. The molecule has 0 N–H and O–H groups in total. The zero-order valence-corrected chi connectivity index (χ0v) is 18.6. The lowest BCUT2D eigenvalue weighted by Gasteiger charge is -2.33. The largest absolute Gasteiger partial charge is 0.494 e. The Bertz CT molecular complexity index is 1020. The van der Waals surface area contributed by atoms with E-state index in [1.54, 1.807) is 24.3 Å². The average molecular weight is 467 g/mol. The highest BCUT2D eigenvalue weighted by Gasteiger charge is 2.30. The van der Waals surface area contributed by atoms with Crippen molar-refractivity contribution in [3.63, 3.8) is 0 Å². The standard InChI is InChI=1S/C21H23ClN2O6S/c1-2-29-18-7-3-16(4-8-18)21(26)30-15-20(25)23-11-13-24(14-12-23)31(27,28)19-9-5-17(22)6-10-19/h3-10H,2,11-15H2,1H3. The van der Waals surface area contributed by atoms with Gasteiger partial charge < -0.3 is 14.4 Å². The van der Waals surface area contributed by atoms with Crippen LogP contribution in [0.2, 0.25) is 5.02 Å². The summed E-state index contributed by atoms with van der Waals surface area (Å²) >= 11 is 5.82. The monoisotopic (exact) mass is 466 g/mol. The summed E-state index contributed by atoms with van der Waals surface area (Å²) in [5.41, 5.74) is 0.315. The zero-order valence-electron chi connectivity index (χ0n) is 17.0. The third kappa shape index (κ3) is 5.75. The van der Waals surface area contributed by atoms with E-state index in [1.165, 1.54) is 33.5 Å². The van der Waals surface area contributed by atoms with Crippen molar-refractivity contribution < 1.29 is 27.5 Å². The number of halogens is 1. The normalized spacial score (nSPS) is 14.8. The fourth-order valence-corrected chi connectivity index (χ4v) is 4.64. The highest BCUT2D eigenvalue weighted by molar-refractivity contribution is 7.89. The summed E-state index contributed by atoms with van der Waals surface area (Å²) in [7, 11) is -3.66. The third-order valence-electron chi connectivity index (χ3n) is 4.77. The van der Waals surface area contributed by atoms with Crippen molar-refractivity contribution in [3.8, 4) is 5.75 Å². The van der Waals surface area contributed by atoms with Gasteiger partial charge in [0.15, 0.2) is 6.61 Å². The van der Waals surface area contributed by atoms with Crippen LogP contribution in [0.1, 0.15) is 17.3 Å².